The number of rotatable bonds is 3. The second-order valence-electron chi connectivity index (χ2n) is 5.65. The van der Waals surface area contributed by atoms with E-state index in [1.165, 1.54) is 0 Å². The van der Waals surface area contributed by atoms with Crippen LogP contribution in [0.1, 0.15) is 49.3 Å². The molecule has 0 aromatic heterocycles. The molecule has 1 fully saturated rings. The summed E-state index contributed by atoms with van der Waals surface area (Å²) >= 11 is 0. The molecule has 1 aromatic rings. The van der Waals surface area contributed by atoms with Gasteiger partial charge in [-0.15, -0.1) is 0 Å². The maximum atomic E-state index is 13.6. The highest BCUT2D eigenvalue weighted by Gasteiger charge is 2.35. The molecule has 2 rings (SSSR count). The van der Waals surface area contributed by atoms with E-state index in [1.54, 1.807) is 0 Å². The van der Waals surface area contributed by atoms with Crippen molar-refractivity contribution in [2.75, 3.05) is 0 Å². The summed E-state index contributed by atoms with van der Waals surface area (Å²) in [7, 11) is 0. The number of hydrogen-bond donors (Lipinski definition) is 2. The van der Waals surface area contributed by atoms with Crippen LogP contribution in [0.15, 0.2) is 18.2 Å². The third kappa shape index (κ3) is 3.74. The molecule has 1 aliphatic rings. The SMILES string of the molecule is N[C@H](c1ccc(C(F)(F)F)c(F)c1)[C@@H](O)C1CCCCC1. The highest BCUT2D eigenvalue weighted by atomic mass is 19.4. The van der Waals surface area contributed by atoms with Crippen molar-refractivity contribution in [2.45, 2.75) is 50.4 Å². The first-order valence-corrected chi connectivity index (χ1v) is 7.11. The van der Waals surface area contributed by atoms with Crippen molar-refractivity contribution in [1.82, 2.24) is 0 Å². The number of halogens is 4. The lowest BCUT2D eigenvalue weighted by Gasteiger charge is -2.30. The molecule has 0 unspecified atom stereocenters. The van der Waals surface area contributed by atoms with Crippen LogP contribution in [0.2, 0.25) is 0 Å². The summed E-state index contributed by atoms with van der Waals surface area (Å²) in [5.74, 6) is -1.33. The fourth-order valence-corrected chi connectivity index (χ4v) is 2.93. The minimum absolute atomic E-state index is 0.0269. The third-order valence-corrected chi connectivity index (χ3v) is 4.18. The number of alkyl halides is 3. The van der Waals surface area contributed by atoms with Gasteiger partial charge < -0.3 is 10.8 Å². The average molecular weight is 305 g/mol. The zero-order chi connectivity index (χ0) is 15.6. The second kappa shape index (κ2) is 6.32. The van der Waals surface area contributed by atoms with Gasteiger partial charge in [-0.3, -0.25) is 0 Å². The fraction of sp³-hybridized carbons (Fsp3) is 0.600. The Morgan fingerprint density at radius 3 is 2.29 bits per heavy atom. The van der Waals surface area contributed by atoms with Gasteiger partial charge >= 0.3 is 6.18 Å². The standard InChI is InChI=1S/C15H19F4NO/c16-12-8-10(6-7-11(12)15(17,18)19)13(20)14(21)9-4-2-1-3-5-9/h6-9,13-14,21H,1-5,20H2/t13-,14+/m1/s1. The lowest BCUT2D eigenvalue weighted by atomic mass is 9.81. The highest BCUT2D eigenvalue weighted by molar-refractivity contribution is 5.29. The fourth-order valence-electron chi connectivity index (χ4n) is 2.93. The van der Waals surface area contributed by atoms with Gasteiger partial charge in [-0.25, -0.2) is 4.39 Å². The zero-order valence-electron chi connectivity index (χ0n) is 11.5. The monoisotopic (exact) mass is 305 g/mol. The van der Waals surface area contributed by atoms with Gasteiger partial charge in [-0.2, -0.15) is 13.2 Å². The smallest absolute Gasteiger partial charge is 0.391 e. The van der Waals surface area contributed by atoms with Gasteiger partial charge in [-0.1, -0.05) is 25.3 Å². The van der Waals surface area contributed by atoms with Crippen LogP contribution >= 0.6 is 0 Å². The first-order valence-electron chi connectivity index (χ1n) is 7.11. The van der Waals surface area contributed by atoms with E-state index >= 15 is 0 Å². The Kier molecular flexibility index (Phi) is 4.88. The van der Waals surface area contributed by atoms with Crippen LogP contribution in [-0.2, 0) is 6.18 Å². The molecular weight excluding hydrogens is 286 g/mol. The van der Waals surface area contributed by atoms with E-state index in [2.05, 4.69) is 0 Å². The number of nitrogens with two attached hydrogens (primary N) is 1. The molecule has 0 aliphatic heterocycles. The van der Waals surface area contributed by atoms with Gasteiger partial charge in [0.2, 0.25) is 0 Å². The van der Waals surface area contributed by atoms with E-state index in [9.17, 15) is 22.7 Å². The lowest BCUT2D eigenvalue weighted by molar-refractivity contribution is -0.140. The Labute approximate surface area is 121 Å². The van der Waals surface area contributed by atoms with Gasteiger partial charge in [0.1, 0.15) is 5.82 Å². The van der Waals surface area contributed by atoms with Crippen molar-refractivity contribution in [3.05, 3.63) is 35.1 Å². The van der Waals surface area contributed by atoms with Gasteiger partial charge in [0, 0.05) is 0 Å². The molecule has 1 aliphatic carbocycles. The van der Waals surface area contributed by atoms with E-state index in [4.69, 9.17) is 5.73 Å². The number of benzene rings is 1. The predicted octanol–water partition coefficient (Wildman–Crippen LogP) is 3.79. The zero-order valence-corrected chi connectivity index (χ0v) is 11.5. The molecule has 118 valence electrons. The Balaban J connectivity index is 2.15. The summed E-state index contributed by atoms with van der Waals surface area (Å²) < 4.78 is 51.1. The van der Waals surface area contributed by atoms with Crippen LogP contribution < -0.4 is 5.73 Å². The minimum atomic E-state index is -4.73. The third-order valence-electron chi connectivity index (χ3n) is 4.18. The molecular formula is C15H19F4NO. The summed E-state index contributed by atoms with van der Waals surface area (Å²) in [6.45, 7) is 0. The summed E-state index contributed by atoms with van der Waals surface area (Å²) in [6, 6.07) is 1.73. The van der Waals surface area contributed by atoms with Crippen LogP contribution in [0, 0.1) is 11.7 Å². The van der Waals surface area contributed by atoms with Crippen molar-refractivity contribution in [3.8, 4) is 0 Å². The van der Waals surface area contributed by atoms with E-state index < -0.39 is 29.7 Å². The van der Waals surface area contributed by atoms with E-state index in [0.29, 0.717) is 6.07 Å². The molecule has 1 aromatic carbocycles. The van der Waals surface area contributed by atoms with Crippen molar-refractivity contribution in [1.29, 1.82) is 0 Å². The molecule has 0 radical (unpaired) electrons. The first kappa shape index (κ1) is 16.2. The molecule has 0 saturated heterocycles. The van der Waals surface area contributed by atoms with Crippen molar-refractivity contribution in [2.24, 2.45) is 11.7 Å². The van der Waals surface area contributed by atoms with Crippen molar-refractivity contribution >= 4 is 0 Å². The minimum Gasteiger partial charge on any atom is -0.391 e. The highest BCUT2D eigenvalue weighted by Crippen LogP contribution is 2.34. The molecule has 2 nitrogen and oxygen atoms in total. The van der Waals surface area contributed by atoms with Crippen LogP contribution in [-0.4, -0.2) is 11.2 Å². The summed E-state index contributed by atoms with van der Waals surface area (Å²) in [6.07, 6.45) is -0.759. The largest absolute Gasteiger partial charge is 0.419 e. The maximum absolute atomic E-state index is 13.6. The predicted molar refractivity (Wildman–Crippen MR) is 70.9 cm³/mol. The molecule has 0 spiro atoms. The summed E-state index contributed by atoms with van der Waals surface area (Å²) in [5, 5.41) is 10.2. The molecule has 1 saturated carbocycles. The number of aliphatic hydroxyl groups excluding tert-OH is 1. The summed E-state index contributed by atoms with van der Waals surface area (Å²) in [5.41, 5.74) is 4.78. The second-order valence-corrected chi connectivity index (χ2v) is 5.65. The van der Waals surface area contributed by atoms with Gasteiger partial charge in [0.25, 0.3) is 0 Å². The van der Waals surface area contributed by atoms with Gasteiger partial charge in [-0.05, 0) is 36.5 Å². The van der Waals surface area contributed by atoms with Crippen LogP contribution in [0.25, 0.3) is 0 Å². The van der Waals surface area contributed by atoms with Gasteiger partial charge in [0.15, 0.2) is 0 Å². The molecule has 0 amide bonds. The lowest BCUT2D eigenvalue weighted by Crippen LogP contribution is -2.34. The Morgan fingerprint density at radius 1 is 1.14 bits per heavy atom. The molecule has 2 atom stereocenters. The molecule has 3 N–H and O–H groups in total. The Bertz CT molecular complexity index is 483. The van der Waals surface area contributed by atoms with E-state index in [1.807, 2.05) is 0 Å². The molecule has 21 heavy (non-hydrogen) atoms. The van der Waals surface area contributed by atoms with Crippen LogP contribution in [0.4, 0.5) is 17.6 Å². The Hall–Kier alpha value is -1.14. The van der Waals surface area contributed by atoms with Crippen LogP contribution in [0.5, 0.6) is 0 Å². The molecule has 6 heteroatoms. The van der Waals surface area contributed by atoms with Gasteiger partial charge in [0.05, 0.1) is 17.7 Å². The van der Waals surface area contributed by atoms with Crippen molar-refractivity contribution in [3.63, 3.8) is 0 Å². The van der Waals surface area contributed by atoms with E-state index in [-0.39, 0.29) is 11.5 Å². The van der Waals surface area contributed by atoms with E-state index in [0.717, 1.165) is 44.2 Å². The molecule has 0 bridgehead atoms. The maximum Gasteiger partial charge on any atom is 0.419 e. The quantitative estimate of drug-likeness (QED) is 0.835. The number of hydrogen-bond acceptors (Lipinski definition) is 2. The van der Waals surface area contributed by atoms with Crippen molar-refractivity contribution < 1.29 is 22.7 Å². The molecule has 0 heterocycles. The normalized spacial score (nSPS) is 20.3. The Morgan fingerprint density at radius 2 is 1.76 bits per heavy atom. The first-order chi connectivity index (χ1) is 9.80. The summed E-state index contributed by atoms with van der Waals surface area (Å²) in [4.78, 5) is 0. The number of aliphatic hydroxyl groups is 1. The topological polar surface area (TPSA) is 46.2 Å². The average Bonchev–Trinajstić information content (AvgIpc) is 2.45. The van der Waals surface area contributed by atoms with Crippen LogP contribution in [0.3, 0.4) is 0 Å².